The van der Waals surface area contributed by atoms with Gasteiger partial charge in [-0.25, -0.2) is 4.52 Å². The molecule has 0 radical (unpaired) electrons. The first-order valence-electron chi connectivity index (χ1n) is 4.48. The molecule has 2 heterocycles. The van der Waals surface area contributed by atoms with Crippen LogP contribution in [0.4, 0.5) is 0 Å². The average Bonchev–Trinajstić information content (AvgIpc) is 2.78. The van der Waals surface area contributed by atoms with E-state index in [0.717, 1.165) is 10.5 Å². The van der Waals surface area contributed by atoms with E-state index in [9.17, 15) is 5.11 Å². The van der Waals surface area contributed by atoms with Crippen molar-refractivity contribution in [2.45, 2.75) is 0 Å². The molecule has 0 atom stereocenters. The zero-order valence-corrected chi connectivity index (χ0v) is 9.55. The van der Waals surface area contributed by atoms with Gasteiger partial charge < -0.3 is 5.11 Å². The first-order valence-corrected chi connectivity index (χ1v) is 5.70. The van der Waals surface area contributed by atoms with Crippen LogP contribution in [0.3, 0.4) is 0 Å². The van der Waals surface area contributed by atoms with Crippen LogP contribution in [0.2, 0.25) is 0 Å². The number of hydrogen-bond acceptors (Lipinski definition) is 5. The van der Waals surface area contributed by atoms with Gasteiger partial charge in [0.15, 0.2) is 9.78 Å². The van der Waals surface area contributed by atoms with Crippen molar-refractivity contribution in [1.82, 2.24) is 19.8 Å². The van der Waals surface area contributed by atoms with E-state index in [2.05, 4.69) is 15.3 Å². The summed E-state index contributed by atoms with van der Waals surface area (Å²) in [5.41, 5.74) is 0.870. The van der Waals surface area contributed by atoms with Crippen LogP contribution in [-0.2, 0) is 0 Å². The topological polar surface area (TPSA) is 66.2 Å². The lowest BCUT2D eigenvalue weighted by Crippen LogP contribution is -1.89. The molecule has 80 valence electrons. The Morgan fingerprint density at radius 3 is 2.75 bits per heavy atom. The molecule has 0 aliphatic rings. The molecule has 0 bridgehead atoms. The number of aromatic amines is 1. The lowest BCUT2D eigenvalue weighted by atomic mass is 10.2. The minimum absolute atomic E-state index is 0.225. The predicted molar refractivity (Wildman–Crippen MR) is 63.1 cm³/mol. The molecule has 0 saturated heterocycles. The summed E-state index contributed by atoms with van der Waals surface area (Å²) in [7, 11) is 0. The summed E-state index contributed by atoms with van der Waals surface area (Å²) in [6.45, 7) is 0. The largest absolute Gasteiger partial charge is 0.508 e. The van der Waals surface area contributed by atoms with Gasteiger partial charge in [0.2, 0.25) is 4.96 Å². The molecular formula is C9H6N4OS2. The van der Waals surface area contributed by atoms with Crippen LogP contribution in [0.15, 0.2) is 24.3 Å². The number of benzene rings is 1. The molecule has 0 unspecified atom stereocenters. The Labute approximate surface area is 99.0 Å². The Bertz CT molecular complexity index is 694. The van der Waals surface area contributed by atoms with E-state index in [-0.39, 0.29) is 5.75 Å². The second-order valence-corrected chi connectivity index (χ2v) is 4.83. The van der Waals surface area contributed by atoms with Gasteiger partial charge in [0.25, 0.3) is 0 Å². The molecule has 5 nitrogen and oxygen atoms in total. The summed E-state index contributed by atoms with van der Waals surface area (Å²) in [5, 5.41) is 20.3. The number of hydrogen-bond donors (Lipinski definition) is 2. The van der Waals surface area contributed by atoms with Crippen molar-refractivity contribution in [2.75, 3.05) is 0 Å². The van der Waals surface area contributed by atoms with Gasteiger partial charge in [0.1, 0.15) is 5.75 Å². The summed E-state index contributed by atoms with van der Waals surface area (Å²) >= 11 is 6.40. The van der Waals surface area contributed by atoms with Gasteiger partial charge in [-0.05, 0) is 36.5 Å². The average molecular weight is 250 g/mol. The minimum atomic E-state index is 0.225. The summed E-state index contributed by atoms with van der Waals surface area (Å²) in [5.74, 6) is 0.908. The van der Waals surface area contributed by atoms with E-state index < -0.39 is 0 Å². The molecule has 0 amide bonds. The Morgan fingerprint density at radius 1 is 1.25 bits per heavy atom. The molecule has 7 heteroatoms. The molecule has 3 aromatic rings. The monoisotopic (exact) mass is 250 g/mol. The first-order chi connectivity index (χ1) is 7.74. The van der Waals surface area contributed by atoms with Crippen molar-refractivity contribution in [1.29, 1.82) is 0 Å². The molecule has 2 aromatic heterocycles. The Balaban J connectivity index is 2.25. The molecule has 0 fully saturated rings. The smallest absolute Gasteiger partial charge is 0.234 e. The number of nitrogens with one attached hydrogen (secondary N) is 1. The summed E-state index contributed by atoms with van der Waals surface area (Å²) in [4.78, 5) is 0.730. The van der Waals surface area contributed by atoms with Gasteiger partial charge in [0.05, 0.1) is 0 Å². The van der Waals surface area contributed by atoms with Gasteiger partial charge >= 0.3 is 0 Å². The van der Waals surface area contributed by atoms with Crippen molar-refractivity contribution in [3.63, 3.8) is 0 Å². The number of rotatable bonds is 1. The second-order valence-electron chi connectivity index (χ2n) is 3.19. The number of phenols is 1. The molecule has 0 saturated carbocycles. The maximum atomic E-state index is 9.21. The highest BCUT2D eigenvalue weighted by molar-refractivity contribution is 7.73. The van der Waals surface area contributed by atoms with Crippen LogP contribution in [0.25, 0.3) is 16.3 Å². The first kappa shape index (κ1) is 9.49. The van der Waals surface area contributed by atoms with Crippen molar-refractivity contribution in [3.05, 3.63) is 28.2 Å². The molecule has 0 aliphatic heterocycles. The molecule has 2 N–H and O–H groups in total. The molecule has 0 spiro atoms. The van der Waals surface area contributed by atoms with Crippen molar-refractivity contribution < 1.29 is 5.11 Å². The summed E-state index contributed by atoms with van der Waals surface area (Å²) in [6.07, 6.45) is 0. The Hall–Kier alpha value is -1.73. The van der Waals surface area contributed by atoms with E-state index in [4.69, 9.17) is 12.2 Å². The van der Waals surface area contributed by atoms with E-state index in [1.165, 1.54) is 11.3 Å². The van der Waals surface area contributed by atoms with Crippen molar-refractivity contribution in [3.8, 4) is 17.1 Å². The van der Waals surface area contributed by atoms with E-state index >= 15 is 0 Å². The number of nitrogens with zero attached hydrogens (tertiary/aromatic N) is 3. The number of phenolic OH excluding ortho intramolecular Hbond substituents is 1. The quantitative estimate of drug-likeness (QED) is 0.650. The van der Waals surface area contributed by atoms with Crippen LogP contribution >= 0.6 is 23.6 Å². The van der Waals surface area contributed by atoms with Crippen LogP contribution in [0.5, 0.6) is 5.75 Å². The van der Waals surface area contributed by atoms with Gasteiger partial charge in [-0.15, -0.1) is 10.2 Å². The van der Waals surface area contributed by atoms with E-state index in [1.807, 2.05) is 0 Å². The minimum Gasteiger partial charge on any atom is -0.508 e. The number of fused-ring (bicyclic) bond motifs is 1. The standard InChI is InChI=1S/C9H6N4OS2/c14-6-3-1-5(2-4-6)7-10-11-8-13(7)12-9(15)16-8/h1-4,14H,(H,12,15). The summed E-state index contributed by atoms with van der Waals surface area (Å²) < 4.78 is 2.39. The molecule has 1 aromatic carbocycles. The van der Waals surface area contributed by atoms with Crippen LogP contribution in [-0.4, -0.2) is 24.9 Å². The normalized spacial score (nSPS) is 11.0. The van der Waals surface area contributed by atoms with Crippen molar-refractivity contribution >= 4 is 28.5 Å². The predicted octanol–water partition coefficient (Wildman–Crippen LogP) is 2.22. The van der Waals surface area contributed by atoms with E-state index in [0.29, 0.717) is 9.78 Å². The Kier molecular flexibility index (Phi) is 2.01. The van der Waals surface area contributed by atoms with Crippen molar-refractivity contribution in [2.24, 2.45) is 0 Å². The maximum absolute atomic E-state index is 9.21. The lowest BCUT2D eigenvalue weighted by molar-refractivity contribution is 0.475. The van der Waals surface area contributed by atoms with Crippen LogP contribution in [0, 0.1) is 3.95 Å². The molecule has 16 heavy (non-hydrogen) atoms. The fraction of sp³-hybridized carbons (Fsp3) is 0. The highest BCUT2D eigenvalue weighted by Crippen LogP contribution is 2.21. The lowest BCUT2D eigenvalue weighted by Gasteiger charge is -1.97. The molecule has 0 aliphatic carbocycles. The number of H-pyrrole nitrogens is 1. The van der Waals surface area contributed by atoms with Crippen LogP contribution in [0.1, 0.15) is 0 Å². The van der Waals surface area contributed by atoms with Crippen LogP contribution < -0.4 is 0 Å². The maximum Gasteiger partial charge on any atom is 0.234 e. The molecular weight excluding hydrogens is 244 g/mol. The second kappa shape index (κ2) is 3.39. The SMILES string of the molecule is Oc1ccc(-c2nnc3sc(=S)[nH]n23)cc1. The highest BCUT2D eigenvalue weighted by Gasteiger charge is 2.09. The summed E-state index contributed by atoms with van der Waals surface area (Å²) in [6, 6.07) is 6.77. The number of aromatic nitrogens is 4. The highest BCUT2D eigenvalue weighted by atomic mass is 32.1. The van der Waals surface area contributed by atoms with Gasteiger partial charge in [-0.1, -0.05) is 11.3 Å². The fourth-order valence-electron chi connectivity index (χ4n) is 1.43. The number of aromatic hydroxyl groups is 1. The zero-order valence-electron chi connectivity index (χ0n) is 7.91. The third-order valence-corrected chi connectivity index (χ3v) is 3.21. The van der Waals surface area contributed by atoms with Gasteiger partial charge in [-0.3, -0.25) is 5.10 Å². The Morgan fingerprint density at radius 2 is 2.00 bits per heavy atom. The third-order valence-electron chi connectivity index (χ3n) is 2.15. The third kappa shape index (κ3) is 1.41. The van der Waals surface area contributed by atoms with Gasteiger partial charge in [0, 0.05) is 5.56 Å². The zero-order chi connectivity index (χ0) is 11.1. The van der Waals surface area contributed by atoms with Gasteiger partial charge in [-0.2, -0.15) is 0 Å². The fourth-order valence-corrected chi connectivity index (χ4v) is 2.35. The van der Waals surface area contributed by atoms with E-state index in [1.54, 1.807) is 28.8 Å². The molecule has 3 rings (SSSR count).